The zero-order valence-corrected chi connectivity index (χ0v) is 8.26. The van der Waals surface area contributed by atoms with E-state index in [0.717, 1.165) is 12.8 Å². The zero-order valence-electron chi connectivity index (χ0n) is 8.26. The van der Waals surface area contributed by atoms with E-state index in [2.05, 4.69) is 6.58 Å². The fraction of sp³-hybridized carbons (Fsp3) is 0.700. The first-order chi connectivity index (χ1) is 6.13. The van der Waals surface area contributed by atoms with Gasteiger partial charge in [0.2, 0.25) is 0 Å². The molecule has 1 fully saturated rings. The molecule has 1 saturated heterocycles. The minimum absolute atomic E-state index is 0.292. The lowest BCUT2D eigenvalue weighted by atomic mass is 9.98. The normalized spacial score (nSPS) is 22.3. The third-order valence-corrected chi connectivity index (χ3v) is 2.60. The first kappa shape index (κ1) is 10.3. The number of rotatable bonds is 2. The Kier molecular flexibility index (Phi) is 3.09. The van der Waals surface area contributed by atoms with E-state index in [0.29, 0.717) is 18.8 Å². The Bertz CT molecular complexity index is 196. The van der Waals surface area contributed by atoms with Gasteiger partial charge in [0.15, 0.2) is 0 Å². The maximum Gasteiger partial charge on any atom is 0.335 e. The van der Waals surface area contributed by atoms with Crippen molar-refractivity contribution in [3.05, 3.63) is 12.2 Å². The highest BCUT2D eigenvalue weighted by atomic mass is 16.6. The van der Waals surface area contributed by atoms with Crippen LogP contribution in [0.1, 0.15) is 26.7 Å². The van der Waals surface area contributed by atoms with Gasteiger partial charge in [-0.15, -0.1) is 0 Å². The van der Waals surface area contributed by atoms with Gasteiger partial charge in [0.25, 0.3) is 0 Å². The molecule has 74 valence electrons. The van der Waals surface area contributed by atoms with Crippen LogP contribution in [-0.2, 0) is 14.3 Å². The number of cyclic esters (lactones) is 1. The van der Waals surface area contributed by atoms with Crippen LogP contribution in [0.5, 0.6) is 0 Å². The van der Waals surface area contributed by atoms with Crippen LogP contribution in [0.2, 0.25) is 0 Å². The molecule has 3 nitrogen and oxygen atoms in total. The fourth-order valence-electron chi connectivity index (χ4n) is 1.30. The summed E-state index contributed by atoms with van der Waals surface area (Å²) in [5, 5.41) is 0. The van der Waals surface area contributed by atoms with Gasteiger partial charge in [-0.25, -0.2) is 4.79 Å². The molecule has 0 aromatic heterocycles. The second kappa shape index (κ2) is 3.92. The van der Waals surface area contributed by atoms with Crippen LogP contribution in [0.3, 0.4) is 0 Å². The van der Waals surface area contributed by atoms with Gasteiger partial charge < -0.3 is 9.47 Å². The third kappa shape index (κ3) is 2.10. The van der Waals surface area contributed by atoms with Crippen molar-refractivity contribution in [1.29, 1.82) is 0 Å². The standard InChI is InChI=1S/C10H16O3/c1-4-10(5-2)7-12-9(11)8(3)6-13-10/h3-7H2,1-2H3. The summed E-state index contributed by atoms with van der Waals surface area (Å²) in [6.07, 6.45) is 1.70. The van der Waals surface area contributed by atoms with E-state index in [9.17, 15) is 4.79 Å². The van der Waals surface area contributed by atoms with Crippen LogP contribution < -0.4 is 0 Å². The quantitative estimate of drug-likeness (QED) is 0.484. The third-order valence-electron chi connectivity index (χ3n) is 2.60. The Hall–Kier alpha value is -0.830. The monoisotopic (exact) mass is 184 g/mol. The largest absolute Gasteiger partial charge is 0.459 e. The predicted molar refractivity (Wildman–Crippen MR) is 49.4 cm³/mol. The Morgan fingerprint density at radius 3 is 2.62 bits per heavy atom. The molecular formula is C10H16O3. The van der Waals surface area contributed by atoms with Gasteiger partial charge in [0, 0.05) is 0 Å². The van der Waals surface area contributed by atoms with E-state index >= 15 is 0 Å². The van der Waals surface area contributed by atoms with Crippen LogP contribution in [-0.4, -0.2) is 24.8 Å². The summed E-state index contributed by atoms with van der Waals surface area (Å²) >= 11 is 0. The summed E-state index contributed by atoms with van der Waals surface area (Å²) < 4.78 is 10.7. The van der Waals surface area contributed by atoms with E-state index < -0.39 is 0 Å². The molecule has 0 aromatic rings. The Morgan fingerprint density at radius 2 is 2.08 bits per heavy atom. The van der Waals surface area contributed by atoms with Gasteiger partial charge in [-0.05, 0) is 12.8 Å². The number of carbonyl (C=O) groups excluding carboxylic acids is 1. The second-order valence-electron chi connectivity index (χ2n) is 3.36. The lowest BCUT2D eigenvalue weighted by molar-refractivity contribution is -0.143. The molecule has 1 aliphatic heterocycles. The molecule has 13 heavy (non-hydrogen) atoms. The summed E-state index contributed by atoms with van der Waals surface area (Å²) in [4.78, 5) is 11.1. The van der Waals surface area contributed by atoms with E-state index in [4.69, 9.17) is 9.47 Å². The lowest BCUT2D eigenvalue weighted by Crippen LogP contribution is -2.35. The fourth-order valence-corrected chi connectivity index (χ4v) is 1.30. The number of ether oxygens (including phenoxy) is 2. The SMILES string of the molecule is C=C1COC(CC)(CC)COC1=O. The molecule has 0 radical (unpaired) electrons. The molecule has 0 aliphatic carbocycles. The average Bonchev–Trinajstić information content (AvgIpc) is 2.30. The second-order valence-corrected chi connectivity index (χ2v) is 3.36. The number of carbonyl (C=O) groups is 1. The van der Waals surface area contributed by atoms with Crippen LogP contribution in [0, 0.1) is 0 Å². The summed E-state index contributed by atoms with van der Waals surface area (Å²) in [6.45, 7) is 8.29. The van der Waals surface area contributed by atoms with Crippen LogP contribution in [0.25, 0.3) is 0 Å². The molecule has 0 saturated carbocycles. The molecular weight excluding hydrogens is 168 g/mol. The Morgan fingerprint density at radius 1 is 1.46 bits per heavy atom. The molecule has 0 aromatic carbocycles. The summed E-state index contributed by atoms with van der Waals surface area (Å²) in [5.74, 6) is -0.330. The van der Waals surface area contributed by atoms with Gasteiger partial charge in [0.05, 0.1) is 12.2 Å². The highest BCUT2D eigenvalue weighted by Gasteiger charge is 2.32. The Balaban J connectivity index is 2.72. The van der Waals surface area contributed by atoms with Gasteiger partial charge in [-0.3, -0.25) is 0 Å². The molecule has 0 unspecified atom stereocenters. The summed E-state index contributed by atoms with van der Waals surface area (Å²) in [7, 11) is 0. The van der Waals surface area contributed by atoms with Gasteiger partial charge in [0.1, 0.15) is 12.2 Å². The van der Waals surface area contributed by atoms with Crippen LogP contribution >= 0.6 is 0 Å². The van der Waals surface area contributed by atoms with Gasteiger partial charge >= 0.3 is 5.97 Å². The van der Waals surface area contributed by atoms with Crippen LogP contribution in [0.15, 0.2) is 12.2 Å². The molecule has 0 bridgehead atoms. The maximum absolute atomic E-state index is 11.1. The molecule has 1 rings (SSSR count). The molecule has 0 atom stereocenters. The molecule has 0 amide bonds. The Labute approximate surface area is 78.7 Å². The van der Waals surface area contributed by atoms with E-state index in [-0.39, 0.29) is 11.6 Å². The minimum Gasteiger partial charge on any atom is -0.459 e. The lowest BCUT2D eigenvalue weighted by Gasteiger charge is -2.28. The van der Waals surface area contributed by atoms with Crippen molar-refractivity contribution < 1.29 is 14.3 Å². The molecule has 3 heteroatoms. The first-order valence-corrected chi connectivity index (χ1v) is 4.62. The molecule has 1 aliphatic rings. The van der Waals surface area contributed by atoms with Crippen LogP contribution in [0.4, 0.5) is 0 Å². The van der Waals surface area contributed by atoms with Gasteiger partial charge in [-0.1, -0.05) is 20.4 Å². The highest BCUT2D eigenvalue weighted by molar-refractivity contribution is 5.88. The summed E-state index contributed by atoms with van der Waals surface area (Å²) in [5.41, 5.74) is 0.110. The van der Waals surface area contributed by atoms with Crippen molar-refractivity contribution >= 4 is 5.97 Å². The van der Waals surface area contributed by atoms with Crippen molar-refractivity contribution in [2.45, 2.75) is 32.3 Å². The average molecular weight is 184 g/mol. The first-order valence-electron chi connectivity index (χ1n) is 4.62. The number of hydrogen-bond donors (Lipinski definition) is 0. The smallest absolute Gasteiger partial charge is 0.335 e. The predicted octanol–water partition coefficient (Wildman–Crippen LogP) is 1.67. The zero-order chi connectivity index (χ0) is 9.90. The van der Waals surface area contributed by atoms with E-state index in [1.54, 1.807) is 0 Å². The number of hydrogen-bond acceptors (Lipinski definition) is 3. The molecule has 1 heterocycles. The topological polar surface area (TPSA) is 35.5 Å². The van der Waals surface area contributed by atoms with Crippen molar-refractivity contribution in [3.63, 3.8) is 0 Å². The van der Waals surface area contributed by atoms with E-state index in [1.807, 2.05) is 13.8 Å². The van der Waals surface area contributed by atoms with Crippen molar-refractivity contribution in [1.82, 2.24) is 0 Å². The van der Waals surface area contributed by atoms with Crippen molar-refractivity contribution in [2.75, 3.05) is 13.2 Å². The van der Waals surface area contributed by atoms with Gasteiger partial charge in [-0.2, -0.15) is 0 Å². The minimum atomic E-state index is -0.330. The molecule has 0 spiro atoms. The highest BCUT2D eigenvalue weighted by Crippen LogP contribution is 2.24. The molecule has 0 N–H and O–H groups in total. The van der Waals surface area contributed by atoms with Crippen molar-refractivity contribution in [2.24, 2.45) is 0 Å². The summed E-state index contributed by atoms with van der Waals surface area (Å²) in [6, 6.07) is 0. The number of esters is 1. The van der Waals surface area contributed by atoms with Crippen molar-refractivity contribution in [3.8, 4) is 0 Å². The maximum atomic E-state index is 11.1. The van der Waals surface area contributed by atoms with E-state index in [1.165, 1.54) is 0 Å².